The standard InChI is InChI=1S/C14H21N3O2/c1-3-16-6-8-17(9-7-16)13-10-11(14(18)19-2)4-5-12(13)15/h4-5,10H,3,6-9,15H2,1-2H3. The Bertz CT molecular complexity index is 454. The lowest BCUT2D eigenvalue weighted by Gasteiger charge is -2.36. The zero-order chi connectivity index (χ0) is 13.8. The SMILES string of the molecule is CCN1CCN(c2cc(C(=O)OC)ccc2N)CC1. The first-order valence-electron chi connectivity index (χ1n) is 6.61. The van der Waals surface area contributed by atoms with Crippen molar-refractivity contribution in [3.05, 3.63) is 23.8 Å². The zero-order valence-corrected chi connectivity index (χ0v) is 11.6. The second kappa shape index (κ2) is 5.93. The van der Waals surface area contributed by atoms with Crippen molar-refractivity contribution in [3.63, 3.8) is 0 Å². The van der Waals surface area contributed by atoms with Crippen LogP contribution in [0.25, 0.3) is 0 Å². The van der Waals surface area contributed by atoms with E-state index in [1.165, 1.54) is 7.11 Å². The number of carbonyl (C=O) groups is 1. The van der Waals surface area contributed by atoms with Gasteiger partial charge >= 0.3 is 5.97 Å². The van der Waals surface area contributed by atoms with Gasteiger partial charge in [0.25, 0.3) is 0 Å². The van der Waals surface area contributed by atoms with Crippen LogP contribution in [0.15, 0.2) is 18.2 Å². The lowest BCUT2D eigenvalue weighted by Crippen LogP contribution is -2.46. The van der Waals surface area contributed by atoms with Gasteiger partial charge in [-0.1, -0.05) is 6.92 Å². The number of hydrogen-bond donors (Lipinski definition) is 1. The first-order valence-corrected chi connectivity index (χ1v) is 6.61. The molecule has 0 saturated carbocycles. The fourth-order valence-corrected chi connectivity index (χ4v) is 2.37. The van der Waals surface area contributed by atoms with Crippen LogP contribution in [-0.4, -0.2) is 50.7 Å². The number of benzene rings is 1. The summed E-state index contributed by atoms with van der Waals surface area (Å²) < 4.78 is 4.75. The van der Waals surface area contributed by atoms with Gasteiger partial charge in [0, 0.05) is 26.2 Å². The average Bonchev–Trinajstić information content (AvgIpc) is 2.47. The molecule has 0 amide bonds. The molecule has 0 unspecified atom stereocenters. The molecule has 0 aliphatic carbocycles. The van der Waals surface area contributed by atoms with Gasteiger partial charge in [0.2, 0.25) is 0 Å². The molecule has 1 heterocycles. The number of hydrogen-bond acceptors (Lipinski definition) is 5. The van der Waals surface area contributed by atoms with Crippen LogP contribution in [0.3, 0.4) is 0 Å². The van der Waals surface area contributed by atoms with Crippen LogP contribution in [0, 0.1) is 0 Å². The Balaban J connectivity index is 2.17. The summed E-state index contributed by atoms with van der Waals surface area (Å²) in [6.07, 6.45) is 0. The molecule has 2 rings (SSSR count). The second-order valence-electron chi connectivity index (χ2n) is 4.69. The van der Waals surface area contributed by atoms with E-state index in [0.717, 1.165) is 38.4 Å². The third-order valence-electron chi connectivity index (χ3n) is 3.61. The van der Waals surface area contributed by atoms with E-state index in [0.29, 0.717) is 11.3 Å². The summed E-state index contributed by atoms with van der Waals surface area (Å²) in [5, 5.41) is 0. The van der Waals surface area contributed by atoms with E-state index in [4.69, 9.17) is 10.5 Å². The highest BCUT2D eigenvalue weighted by Gasteiger charge is 2.19. The molecule has 19 heavy (non-hydrogen) atoms. The highest BCUT2D eigenvalue weighted by atomic mass is 16.5. The summed E-state index contributed by atoms with van der Waals surface area (Å²) in [5.74, 6) is -0.326. The normalized spacial score (nSPS) is 16.4. The molecule has 0 atom stereocenters. The molecule has 1 saturated heterocycles. The Morgan fingerprint density at radius 3 is 2.58 bits per heavy atom. The van der Waals surface area contributed by atoms with E-state index in [1.807, 2.05) is 6.07 Å². The molecular formula is C14H21N3O2. The van der Waals surface area contributed by atoms with E-state index >= 15 is 0 Å². The summed E-state index contributed by atoms with van der Waals surface area (Å²) in [4.78, 5) is 16.2. The van der Waals surface area contributed by atoms with Crippen LogP contribution >= 0.6 is 0 Å². The maximum absolute atomic E-state index is 11.6. The van der Waals surface area contributed by atoms with Crippen molar-refractivity contribution in [2.75, 3.05) is 50.5 Å². The van der Waals surface area contributed by atoms with Gasteiger partial charge in [-0.2, -0.15) is 0 Å². The number of anilines is 2. The van der Waals surface area contributed by atoms with Crippen LogP contribution in [0.5, 0.6) is 0 Å². The van der Waals surface area contributed by atoms with Gasteiger partial charge in [-0.05, 0) is 24.7 Å². The number of rotatable bonds is 3. The predicted octanol–water partition coefficient (Wildman–Crippen LogP) is 1.20. The van der Waals surface area contributed by atoms with Crippen LogP contribution in [0.4, 0.5) is 11.4 Å². The molecule has 1 aliphatic heterocycles. The molecule has 1 aromatic rings. The van der Waals surface area contributed by atoms with Crippen molar-refractivity contribution in [2.24, 2.45) is 0 Å². The van der Waals surface area contributed by atoms with Crippen LogP contribution in [-0.2, 0) is 4.74 Å². The van der Waals surface area contributed by atoms with Crippen molar-refractivity contribution < 1.29 is 9.53 Å². The van der Waals surface area contributed by atoms with Crippen molar-refractivity contribution in [3.8, 4) is 0 Å². The minimum atomic E-state index is -0.326. The molecule has 1 aromatic carbocycles. The maximum atomic E-state index is 11.6. The Hall–Kier alpha value is -1.75. The third kappa shape index (κ3) is 2.98. The molecule has 2 N–H and O–H groups in total. The maximum Gasteiger partial charge on any atom is 0.337 e. The molecule has 104 valence electrons. The molecule has 0 aromatic heterocycles. The lowest BCUT2D eigenvalue weighted by molar-refractivity contribution is 0.0601. The summed E-state index contributed by atoms with van der Waals surface area (Å²) in [5.41, 5.74) is 8.20. The van der Waals surface area contributed by atoms with Gasteiger partial charge < -0.3 is 20.3 Å². The number of methoxy groups -OCH3 is 1. The number of ether oxygens (including phenoxy) is 1. The lowest BCUT2D eigenvalue weighted by atomic mass is 10.1. The highest BCUT2D eigenvalue weighted by molar-refractivity contribution is 5.92. The van der Waals surface area contributed by atoms with Gasteiger partial charge in [0.1, 0.15) is 0 Å². The van der Waals surface area contributed by atoms with Crippen LogP contribution in [0.2, 0.25) is 0 Å². The summed E-state index contributed by atoms with van der Waals surface area (Å²) >= 11 is 0. The number of likely N-dealkylation sites (N-methyl/N-ethyl adjacent to an activating group) is 1. The molecular weight excluding hydrogens is 242 g/mol. The van der Waals surface area contributed by atoms with E-state index < -0.39 is 0 Å². The third-order valence-corrected chi connectivity index (χ3v) is 3.61. The predicted molar refractivity (Wildman–Crippen MR) is 76.5 cm³/mol. The Morgan fingerprint density at radius 1 is 1.32 bits per heavy atom. The molecule has 1 fully saturated rings. The Kier molecular flexibility index (Phi) is 4.27. The van der Waals surface area contributed by atoms with E-state index in [1.54, 1.807) is 12.1 Å². The fourth-order valence-electron chi connectivity index (χ4n) is 2.37. The first kappa shape index (κ1) is 13.7. The number of carbonyl (C=O) groups excluding carboxylic acids is 1. The van der Waals surface area contributed by atoms with Crippen molar-refractivity contribution in [1.29, 1.82) is 0 Å². The molecule has 0 bridgehead atoms. The topological polar surface area (TPSA) is 58.8 Å². The number of nitrogens with two attached hydrogens (primary N) is 1. The smallest absolute Gasteiger partial charge is 0.337 e. The molecule has 1 aliphatic rings. The minimum absolute atomic E-state index is 0.326. The highest BCUT2D eigenvalue weighted by Crippen LogP contribution is 2.26. The quantitative estimate of drug-likeness (QED) is 0.656. The van der Waals surface area contributed by atoms with Gasteiger partial charge in [-0.3, -0.25) is 0 Å². The monoisotopic (exact) mass is 263 g/mol. The van der Waals surface area contributed by atoms with E-state index in [-0.39, 0.29) is 5.97 Å². The van der Waals surface area contributed by atoms with Crippen LogP contribution < -0.4 is 10.6 Å². The summed E-state index contributed by atoms with van der Waals surface area (Å²) in [6.45, 7) is 7.16. The molecule has 5 heteroatoms. The average molecular weight is 263 g/mol. The minimum Gasteiger partial charge on any atom is -0.465 e. The van der Waals surface area contributed by atoms with E-state index in [2.05, 4.69) is 16.7 Å². The molecule has 0 spiro atoms. The number of piperazine rings is 1. The van der Waals surface area contributed by atoms with E-state index in [9.17, 15) is 4.79 Å². The van der Waals surface area contributed by atoms with Crippen molar-refractivity contribution >= 4 is 17.3 Å². The summed E-state index contributed by atoms with van der Waals surface area (Å²) in [6, 6.07) is 5.30. The van der Waals surface area contributed by atoms with Crippen molar-refractivity contribution in [2.45, 2.75) is 6.92 Å². The largest absolute Gasteiger partial charge is 0.465 e. The number of nitrogen functional groups attached to an aromatic ring is 1. The zero-order valence-electron chi connectivity index (χ0n) is 11.6. The van der Waals surface area contributed by atoms with Gasteiger partial charge in [-0.25, -0.2) is 4.79 Å². The van der Waals surface area contributed by atoms with Gasteiger partial charge in [-0.15, -0.1) is 0 Å². The van der Waals surface area contributed by atoms with Crippen LogP contribution in [0.1, 0.15) is 17.3 Å². The first-order chi connectivity index (χ1) is 9.15. The van der Waals surface area contributed by atoms with Gasteiger partial charge in [0.15, 0.2) is 0 Å². The molecule has 5 nitrogen and oxygen atoms in total. The number of esters is 1. The molecule has 0 radical (unpaired) electrons. The number of nitrogens with zero attached hydrogens (tertiary/aromatic N) is 2. The van der Waals surface area contributed by atoms with Gasteiger partial charge in [0.05, 0.1) is 24.0 Å². The summed E-state index contributed by atoms with van der Waals surface area (Å²) in [7, 11) is 1.39. The fraction of sp³-hybridized carbons (Fsp3) is 0.500. The van der Waals surface area contributed by atoms with Crippen molar-refractivity contribution in [1.82, 2.24) is 4.90 Å². The Labute approximate surface area is 113 Å². The Morgan fingerprint density at radius 2 is 2.00 bits per heavy atom. The second-order valence-corrected chi connectivity index (χ2v) is 4.69.